The molecule has 4 heteroatoms. The lowest BCUT2D eigenvalue weighted by molar-refractivity contribution is -0.115. The van der Waals surface area contributed by atoms with Crippen molar-refractivity contribution in [3.8, 4) is 0 Å². The molecule has 0 aliphatic carbocycles. The molecule has 0 saturated heterocycles. The van der Waals surface area contributed by atoms with E-state index in [9.17, 15) is 9.18 Å². The number of hydrogen-bond donors (Lipinski definition) is 2. The summed E-state index contributed by atoms with van der Waals surface area (Å²) in [7, 11) is 0. The van der Waals surface area contributed by atoms with Crippen molar-refractivity contribution in [1.29, 1.82) is 0 Å². The largest absolute Gasteiger partial charge is 0.382 e. The number of para-hydroxylation sites is 2. The summed E-state index contributed by atoms with van der Waals surface area (Å²) in [5.74, 6) is -0.407. The van der Waals surface area contributed by atoms with Gasteiger partial charge in [0.05, 0.1) is 5.69 Å². The maximum Gasteiger partial charge on any atom is 0.226 e. The molecule has 0 radical (unpaired) electrons. The molecule has 2 aromatic carbocycles. The van der Waals surface area contributed by atoms with Crippen molar-refractivity contribution in [1.82, 2.24) is 0 Å². The highest BCUT2D eigenvalue weighted by atomic mass is 19.1. The molecule has 2 rings (SSSR count). The third-order valence-electron chi connectivity index (χ3n) is 2.96. The van der Waals surface area contributed by atoms with Crippen molar-refractivity contribution in [2.45, 2.75) is 13.3 Å². The van der Waals surface area contributed by atoms with E-state index in [-0.39, 0.29) is 18.1 Å². The number of carbonyl (C=O) groups excluding carboxylic acids is 1. The lowest BCUT2D eigenvalue weighted by atomic mass is 10.2. The van der Waals surface area contributed by atoms with Crippen LogP contribution in [0.1, 0.15) is 12.0 Å². The first-order valence-electron chi connectivity index (χ1n) is 6.50. The Kier molecular flexibility index (Phi) is 4.71. The number of anilines is 2. The Bertz CT molecular complexity index is 599. The number of aryl methyl sites for hydroxylation is 1. The smallest absolute Gasteiger partial charge is 0.226 e. The van der Waals surface area contributed by atoms with Gasteiger partial charge in [-0.1, -0.05) is 30.3 Å². The van der Waals surface area contributed by atoms with E-state index in [2.05, 4.69) is 10.6 Å². The normalized spacial score (nSPS) is 10.1. The first-order chi connectivity index (χ1) is 9.66. The van der Waals surface area contributed by atoms with Crippen LogP contribution in [0, 0.1) is 12.7 Å². The summed E-state index contributed by atoms with van der Waals surface area (Å²) >= 11 is 0. The molecule has 0 unspecified atom stereocenters. The average Bonchev–Trinajstić information content (AvgIpc) is 2.43. The van der Waals surface area contributed by atoms with Crippen LogP contribution in [-0.4, -0.2) is 12.5 Å². The van der Waals surface area contributed by atoms with Crippen LogP contribution in [0.25, 0.3) is 0 Å². The summed E-state index contributed by atoms with van der Waals surface area (Å²) in [5.41, 5.74) is 2.24. The Balaban J connectivity index is 1.82. The Morgan fingerprint density at radius 3 is 2.40 bits per heavy atom. The van der Waals surface area contributed by atoms with Gasteiger partial charge in [0.2, 0.25) is 5.91 Å². The van der Waals surface area contributed by atoms with Crippen LogP contribution in [0.3, 0.4) is 0 Å². The first-order valence-corrected chi connectivity index (χ1v) is 6.50. The molecule has 2 aromatic rings. The zero-order chi connectivity index (χ0) is 14.4. The van der Waals surface area contributed by atoms with Crippen molar-refractivity contribution in [3.05, 3.63) is 59.9 Å². The molecule has 104 valence electrons. The number of halogens is 1. The maximum absolute atomic E-state index is 13.4. The fraction of sp³-hybridized carbons (Fsp3) is 0.188. The number of hydrogen-bond acceptors (Lipinski definition) is 2. The fourth-order valence-electron chi connectivity index (χ4n) is 1.84. The molecule has 1 amide bonds. The Hall–Kier alpha value is -2.36. The third-order valence-corrected chi connectivity index (χ3v) is 2.96. The molecule has 2 N–H and O–H groups in total. The standard InChI is InChI=1S/C16H17FN2O/c1-12-6-2-4-8-14(12)19-16(20)10-11-18-15-9-5-3-7-13(15)17/h2-9,18H,10-11H2,1H3,(H,19,20). The second-order valence-corrected chi connectivity index (χ2v) is 4.52. The second kappa shape index (κ2) is 6.70. The van der Waals surface area contributed by atoms with Gasteiger partial charge in [0, 0.05) is 18.7 Å². The van der Waals surface area contributed by atoms with Gasteiger partial charge in [-0.15, -0.1) is 0 Å². The molecule has 0 heterocycles. The minimum Gasteiger partial charge on any atom is -0.382 e. The average molecular weight is 272 g/mol. The van der Waals surface area contributed by atoms with E-state index in [0.717, 1.165) is 11.3 Å². The summed E-state index contributed by atoms with van der Waals surface area (Å²) in [5, 5.41) is 5.75. The molecule has 0 aromatic heterocycles. The summed E-state index contributed by atoms with van der Waals surface area (Å²) in [6.45, 7) is 2.33. The predicted molar refractivity (Wildman–Crippen MR) is 79.3 cm³/mol. The van der Waals surface area contributed by atoms with Gasteiger partial charge in [-0.3, -0.25) is 4.79 Å². The van der Waals surface area contributed by atoms with Gasteiger partial charge >= 0.3 is 0 Å². The number of carbonyl (C=O) groups is 1. The minimum absolute atomic E-state index is 0.0943. The highest BCUT2D eigenvalue weighted by Gasteiger charge is 2.05. The Labute approximate surface area is 117 Å². The topological polar surface area (TPSA) is 41.1 Å². The first kappa shape index (κ1) is 14.1. The van der Waals surface area contributed by atoms with Gasteiger partial charge in [-0.25, -0.2) is 4.39 Å². The molecule has 0 atom stereocenters. The molecule has 0 aliphatic heterocycles. The van der Waals surface area contributed by atoms with Gasteiger partial charge in [-0.05, 0) is 30.7 Å². The maximum atomic E-state index is 13.4. The summed E-state index contributed by atoms with van der Waals surface area (Å²) < 4.78 is 13.4. The van der Waals surface area contributed by atoms with E-state index in [0.29, 0.717) is 12.2 Å². The highest BCUT2D eigenvalue weighted by Crippen LogP contribution is 2.14. The van der Waals surface area contributed by atoms with Crippen molar-refractivity contribution < 1.29 is 9.18 Å². The quantitative estimate of drug-likeness (QED) is 0.873. The summed E-state index contributed by atoms with van der Waals surface area (Å²) in [6.07, 6.45) is 0.280. The summed E-state index contributed by atoms with van der Waals surface area (Å²) in [4.78, 5) is 11.8. The number of rotatable bonds is 5. The molecular formula is C16H17FN2O. The van der Waals surface area contributed by atoms with Gasteiger partial charge in [0.25, 0.3) is 0 Å². The lowest BCUT2D eigenvalue weighted by Gasteiger charge is -2.09. The van der Waals surface area contributed by atoms with Crippen LogP contribution in [-0.2, 0) is 4.79 Å². The molecule has 0 aliphatic rings. The van der Waals surface area contributed by atoms with E-state index in [1.807, 2.05) is 31.2 Å². The van der Waals surface area contributed by atoms with Gasteiger partial charge < -0.3 is 10.6 Å². The van der Waals surface area contributed by atoms with Crippen molar-refractivity contribution in [2.75, 3.05) is 17.2 Å². The van der Waals surface area contributed by atoms with Crippen LogP contribution in [0.4, 0.5) is 15.8 Å². The van der Waals surface area contributed by atoms with E-state index in [1.165, 1.54) is 6.07 Å². The zero-order valence-electron chi connectivity index (χ0n) is 11.3. The van der Waals surface area contributed by atoms with Crippen molar-refractivity contribution in [3.63, 3.8) is 0 Å². The molecule has 0 saturated carbocycles. The van der Waals surface area contributed by atoms with Gasteiger partial charge in [-0.2, -0.15) is 0 Å². The van der Waals surface area contributed by atoms with E-state index in [4.69, 9.17) is 0 Å². The van der Waals surface area contributed by atoms with Gasteiger partial charge in [0.1, 0.15) is 5.82 Å². The SMILES string of the molecule is Cc1ccccc1NC(=O)CCNc1ccccc1F. The third kappa shape index (κ3) is 3.82. The lowest BCUT2D eigenvalue weighted by Crippen LogP contribution is -2.17. The van der Waals surface area contributed by atoms with Crippen molar-refractivity contribution in [2.24, 2.45) is 0 Å². The molecular weight excluding hydrogens is 255 g/mol. The number of amides is 1. The second-order valence-electron chi connectivity index (χ2n) is 4.52. The van der Waals surface area contributed by atoms with Crippen molar-refractivity contribution >= 4 is 17.3 Å². The fourth-order valence-corrected chi connectivity index (χ4v) is 1.84. The minimum atomic E-state index is -0.313. The monoisotopic (exact) mass is 272 g/mol. The van der Waals surface area contributed by atoms with Crippen LogP contribution < -0.4 is 10.6 Å². The molecule has 0 bridgehead atoms. The van der Waals surface area contributed by atoms with E-state index >= 15 is 0 Å². The van der Waals surface area contributed by atoms with E-state index < -0.39 is 0 Å². The molecule has 3 nitrogen and oxygen atoms in total. The molecule has 20 heavy (non-hydrogen) atoms. The number of nitrogens with one attached hydrogen (secondary N) is 2. The molecule has 0 fully saturated rings. The summed E-state index contributed by atoms with van der Waals surface area (Å²) in [6, 6.07) is 14.0. The van der Waals surface area contributed by atoms with Crippen LogP contribution in [0.5, 0.6) is 0 Å². The zero-order valence-corrected chi connectivity index (χ0v) is 11.3. The Morgan fingerprint density at radius 2 is 1.70 bits per heavy atom. The number of benzene rings is 2. The Morgan fingerprint density at radius 1 is 1.05 bits per heavy atom. The predicted octanol–water partition coefficient (Wildman–Crippen LogP) is 3.57. The van der Waals surface area contributed by atoms with Crippen LogP contribution >= 0.6 is 0 Å². The van der Waals surface area contributed by atoms with E-state index in [1.54, 1.807) is 18.2 Å². The van der Waals surface area contributed by atoms with Gasteiger partial charge in [0.15, 0.2) is 0 Å². The highest BCUT2D eigenvalue weighted by molar-refractivity contribution is 5.91. The molecule has 0 spiro atoms. The van der Waals surface area contributed by atoms with Crippen LogP contribution in [0.15, 0.2) is 48.5 Å². The van der Waals surface area contributed by atoms with Crippen LogP contribution in [0.2, 0.25) is 0 Å².